The first-order chi connectivity index (χ1) is 10.0. The molecule has 0 saturated carbocycles. The summed E-state index contributed by atoms with van der Waals surface area (Å²) in [5.41, 5.74) is -0.172. The van der Waals surface area contributed by atoms with Crippen molar-refractivity contribution >= 4 is 11.6 Å². The van der Waals surface area contributed by atoms with Crippen molar-refractivity contribution in [2.75, 3.05) is 13.1 Å². The van der Waals surface area contributed by atoms with Crippen LogP contribution in [-0.2, 0) is 13.0 Å². The highest BCUT2D eigenvalue weighted by Crippen LogP contribution is 2.16. The summed E-state index contributed by atoms with van der Waals surface area (Å²) < 4.78 is 1.28. The molecule has 118 valence electrons. The molecular weight excluding hydrogens is 290 g/mol. The van der Waals surface area contributed by atoms with Gasteiger partial charge in [0.2, 0.25) is 0 Å². The third-order valence-corrected chi connectivity index (χ3v) is 4.67. The molecule has 0 bridgehead atoms. The molecule has 0 aromatic carbocycles. The summed E-state index contributed by atoms with van der Waals surface area (Å²) in [5.74, 6) is 0. The van der Waals surface area contributed by atoms with Gasteiger partial charge in [-0.25, -0.2) is 4.79 Å². The molecule has 1 unspecified atom stereocenters. The smallest absolute Gasteiger partial charge is 0.301 e. The van der Waals surface area contributed by atoms with Crippen LogP contribution >= 0.6 is 11.6 Å². The van der Waals surface area contributed by atoms with Crippen LogP contribution in [-0.4, -0.2) is 33.6 Å². The molecule has 1 aliphatic rings. The summed E-state index contributed by atoms with van der Waals surface area (Å²) in [6, 6.07) is 0.602. The van der Waals surface area contributed by atoms with Gasteiger partial charge in [0.05, 0.1) is 5.56 Å². The van der Waals surface area contributed by atoms with Crippen LogP contribution in [0.25, 0.3) is 0 Å². The highest BCUT2D eigenvalue weighted by atomic mass is 35.5. The molecule has 1 aliphatic heterocycles. The van der Waals surface area contributed by atoms with Crippen LogP contribution in [0, 0.1) is 0 Å². The minimum absolute atomic E-state index is 0.174. The van der Waals surface area contributed by atoms with Gasteiger partial charge >= 0.3 is 5.69 Å². The number of nitrogens with one attached hydrogen (secondary N) is 1. The van der Waals surface area contributed by atoms with Crippen molar-refractivity contribution in [1.82, 2.24) is 14.5 Å². The summed E-state index contributed by atoms with van der Waals surface area (Å²) in [6.45, 7) is 6.60. The molecule has 1 fully saturated rings. The summed E-state index contributed by atoms with van der Waals surface area (Å²) in [5, 5.41) is 0.174. The van der Waals surface area contributed by atoms with Gasteiger partial charge in [0.1, 0.15) is 5.15 Å². The van der Waals surface area contributed by atoms with Gasteiger partial charge in [-0.2, -0.15) is 0 Å². The summed E-state index contributed by atoms with van der Waals surface area (Å²) in [6.07, 6.45) is 5.11. The van der Waals surface area contributed by atoms with Crippen LogP contribution in [0.15, 0.2) is 9.59 Å². The maximum Gasteiger partial charge on any atom is 0.329 e. The van der Waals surface area contributed by atoms with Crippen molar-refractivity contribution in [2.24, 2.45) is 0 Å². The quantitative estimate of drug-likeness (QED) is 0.846. The summed E-state index contributed by atoms with van der Waals surface area (Å²) in [7, 11) is 0. The highest BCUT2D eigenvalue weighted by molar-refractivity contribution is 6.30. The predicted octanol–water partition coefficient (Wildman–Crippen LogP) is 2.02. The molecule has 0 amide bonds. The molecule has 1 saturated heterocycles. The van der Waals surface area contributed by atoms with Gasteiger partial charge in [-0.15, -0.1) is 0 Å². The number of nitrogens with zero attached hydrogens (tertiary/aromatic N) is 2. The Kier molecular flexibility index (Phi) is 5.65. The van der Waals surface area contributed by atoms with E-state index in [-0.39, 0.29) is 10.7 Å². The number of hydrogen-bond acceptors (Lipinski definition) is 3. The van der Waals surface area contributed by atoms with Crippen LogP contribution in [0.2, 0.25) is 5.15 Å². The second-order valence-electron chi connectivity index (χ2n) is 5.77. The van der Waals surface area contributed by atoms with Crippen molar-refractivity contribution in [1.29, 1.82) is 0 Å². The lowest BCUT2D eigenvalue weighted by Crippen LogP contribution is -2.40. The average molecular weight is 314 g/mol. The summed E-state index contributed by atoms with van der Waals surface area (Å²) in [4.78, 5) is 29.1. The van der Waals surface area contributed by atoms with Gasteiger partial charge in [0.15, 0.2) is 0 Å². The number of aromatic nitrogens is 2. The van der Waals surface area contributed by atoms with Crippen molar-refractivity contribution in [3.63, 3.8) is 0 Å². The maximum atomic E-state index is 12.2. The van der Waals surface area contributed by atoms with Crippen LogP contribution in [0.3, 0.4) is 0 Å². The number of likely N-dealkylation sites (tertiary alicyclic amines) is 1. The molecule has 6 heteroatoms. The Morgan fingerprint density at radius 3 is 2.71 bits per heavy atom. The van der Waals surface area contributed by atoms with E-state index in [2.05, 4.69) is 16.8 Å². The van der Waals surface area contributed by atoms with E-state index >= 15 is 0 Å². The van der Waals surface area contributed by atoms with Gasteiger partial charge in [0, 0.05) is 19.1 Å². The summed E-state index contributed by atoms with van der Waals surface area (Å²) >= 11 is 5.90. The fourth-order valence-electron chi connectivity index (χ4n) is 3.02. The maximum absolute atomic E-state index is 12.2. The van der Waals surface area contributed by atoms with E-state index in [1.54, 1.807) is 0 Å². The Morgan fingerprint density at radius 1 is 1.29 bits per heavy atom. The first-order valence-corrected chi connectivity index (χ1v) is 8.18. The molecule has 5 nitrogen and oxygen atoms in total. The zero-order valence-corrected chi connectivity index (χ0v) is 13.6. The van der Waals surface area contributed by atoms with Crippen molar-refractivity contribution in [3.8, 4) is 0 Å². The first kappa shape index (κ1) is 16.3. The third-order valence-electron chi connectivity index (χ3n) is 4.35. The molecule has 1 aromatic heterocycles. The van der Waals surface area contributed by atoms with E-state index in [4.69, 9.17) is 11.6 Å². The lowest BCUT2D eigenvalue weighted by molar-refractivity contribution is 0.156. The molecule has 1 aromatic rings. The fourth-order valence-corrected chi connectivity index (χ4v) is 3.31. The van der Waals surface area contributed by atoms with Gasteiger partial charge in [-0.05, 0) is 39.2 Å². The van der Waals surface area contributed by atoms with E-state index in [0.717, 1.165) is 19.5 Å². The Bertz CT molecular complexity index is 594. The first-order valence-electron chi connectivity index (χ1n) is 7.80. The topological polar surface area (TPSA) is 58.1 Å². The second-order valence-corrected chi connectivity index (χ2v) is 6.15. The van der Waals surface area contributed by atoms with E-state index in [9.17, 15) is 9.59 Å². The van der Waals surface area contributed by atoms with Gasteiger partial charge < -0.3 is 4.90 Å². The molecular formula is C15H24ClN3O2. The minimum atomic E-state index is -0.408. The van der Waals surface area contributed by atoms with Crippen LogP contribution in [0.5, 0.6) is 0 Å². The number of piperidine rings is 1. The number of rotatable bonds is 5. The monoisotopic (exact) mass is 313 g/mol. The zero-order chi connectivity index (χ0) is 15.4. The van der Waals surface area contributed by atoms with E-state index in [1.807, 2.05) is 6.92 Å². The molecule has 0 aliphatic carbocycles. The van der Waals surface area contributed by atoms with Crippen molar-refractivity contribution in [2.45, 2.75) is 58.5 Å². The standard InChI is InChI=1S/C15H24ClN3O2/c1-3-12-13(16)17-15(21)19(14(12)20)10-6-9-18-8-5-4-7-11(18)2/h11H,3-10H2,1-2H3,(H,17,21). The lowest BCUT2D eigenvalue weighted by atomic mass is 10.0. The van der Waals surface area contributed by atoms with Gasteiger partial charge in [-0.1, -0.05) is 24.9 Å². The SMILES string of the molecule is CCc1c(Cl)[nH]c(=O)n(CCCN2CCCCC2C)c1=O. The number of H-pyrrole nitrogens is 1. The fraction of sp³-hybridized carbons (Fsp3) is 0.733. The number of halogens is 1. The Morgan fingerprint density at radius 2 is 2.05 bits per heavy atom. The Labute approximate surface area is 129 Å². The van der Waals surface area contributed by atoms with Gasteiger partial charge in [0.25, 0.3) is 5.56 Å². The van der Waals surface area contributed by atoms with Crippen LogP contribution in [0.4, 0.5) is 0 Å². The largest absolute Gasteiger partial charge is 0.329 e. The zero-order valence-electron chi connectivity index (χ0n) is 12.8. The van der Waals surface area contributed by atoms with Crippen LogP contribution in [0.1, 0.15) is 45.1 Å². The normalized spacial score (nSPS) is 19.9. The molecule has 1 atom stereocenters. The van der Waals surface area contributed by atoms with E-state index in [1.165, 1.54) is 23.8 Å². The highest BCUT2D eigenvalue weighted by Gasteiger charge is 2.18. The molecule has 2 rings (SSSR count). The molecule has 21 heavy (non-hydrogen) atoms. The average Bonchev–Trinajstić information content (AvgIpc) is 2.44. The van der Waals surface area contributed by atoms with Gasteiger partial charge in [-0.3, -0.25) is 14.3 Å². The Hall–Kier alpha value is -1.07. The predicted molar refractivity (Wildman–Crippen MR) is 85.2 cm³/mol. The Balaban J connectivity index is 2.03. The lowest BCUT2D eigenvalue weighted by Gasteiger charge is -2.33. The number of aromatic amines is 1. The minimum Gasteiger partial charge on any atom is -0.301 e. The van der Waals surface area contributed by atoms with Crippen molar-refractivity contribution in [3.05, 3.63) is 31.6 Å². The molecule has 0 radical (unpaired) electrons. The molecule has 1 N–H and O–H groups in total. The molecule has 0 spiro atoms. The third kappa shape index (κ3) is 3.77. The number of hydrogen-bond donors (Lipinski definition) is 1. The van der Waals surface area contributed by atoms with E-state index in [0.29, 0.717) is 24.6 Å². The van der Waals surface area contributed by atoms with Crippen molar-refractivity contribution < 1.29 is 0 Å². The molecule has 2 heterocycles. The van der Waals surface area contributed by atoms with E-state index < -0.39 is 5.69 Å². The van der Waals surface area contributed by atoms with Crippen LogP contribution < -0.4 is 11.2 Å². The second kappa shape index (κ2) is 7.27.